The van der Waals surface area contributed by atoms with E-state index in [1.807, 2.05) is 0 Å². The van der Waals surface area contributed by atoms with Crippen molar-refractivity contribution in [3.05, 3.63) is 23.0 Å². The van der Waals surface area contributed by atoms with Crippen LogP contribution in [-0.4, -0.2) is 23.0 Å². The molecular weight excluding hydrogens is 344 g/mol. The lowest BCUT2D eigenvalue weighted by molar-refractivity contribution is 0.576. The largest absolute Gasteiger partial charge is 0.463 e. The van der Waals surface area contributed by atoms with E-state index in [1.165, 1.54) is 10.8 Å². The molecular formula is C8H5BrN4O3S2. The minimum atomic E-state index is -3.83. The van der Waals surface area contributed by atoms with Gasteiger partial charge in [-0.3, -0.25) is 0 Å². The molecule has 0 fully saturated rings. The average Bonchev–Trinajstić information content (AvgIpc) is 2.89. The summed E-state index contributed by atoms with van der Waals surface area (Å²) in [5.74, 6) is 0.528. The minimum absolute atomic E-state index is 0.190. The van der Waals surface area contributed by atoms with Gasteiger partial charge in [0.15, 0.2) is 5.76 Å². The molecule has 0 aromatic carbocycles. The second-order valence-electron chi connectivity index (χ2n) is 3.34. The summed E-state index contributed by atoms with van der Waals surface area (Å²) in [5.41, 5.74) is 0.543. The van der Waals surface area contributed by atoms with Crippen LogP contribution < -0.4 is 5.14 Å². The molecule has 94 valence electrons. The molecule has 18 heavy (non-hydrogen) atoms. The number of halogens is 1. The van der Waals surface area contributed by atoms with Gasteiger partial charge in [0.2, 0.25) is 9.30 Å². The van der Waals surface area contributed by atoms with Gasteiger partial charge < -0.3 is 4.42 Å². The van der Waals surface area contributed by atoms with Crippen molar-refractivity contribution in [2.45, 2.75) is 4.34 Å². The number of hydrogen-bond acceptors (Lipinski definition) is 6. The zero-order valence-corrected chi connectivity index (χ0v) is 11.8. The minimum Gasteiger partial charge on any atom is -0.463 e. The van der Waals surface area contributed by atoms with Crippen molar-refractivity contribution in [1.29, 1.82) is 0 Å². The molecule has 0 aliphatic carbocycles. The molecule has 0 bridgehead atoms. The zero-order valence-electron chi connectivity index (χ0n) is 8.57. The predicted molar refractivity (Wildman–Crippen MR) is 67.6 cm³/mol. The van der Waals surface area contributed by atoms with Gasteiger partial charge in [-0.25, -0.2) is 18.5 Å². The lowest BCUT2D eigenvalue weighted by Gasteiger charge is -1.93. The molecule has 0 saturated carbocycles. The quantitative estimate of drug-likeness (QED) is 0.754. The van der Waals surface area contributed by atoms with Gasteiger partial charge in [0.05, 0.1) is 6.26 Å². The first-order valence-corrected chi connectivity index (χ1v) is 7.74. The maximum absolute atomic E-state index is 11.2. The number of fused-ring (bicyclic) bond motifs is 1. The topological polar surface area (TPSA) is 103 Å². The van der Waals surface area contributed by atoms with Gasteiger partial charge in [0, 0.05) is 0 Å². The molecule has 0 saturated heterocycles. The van der Waals surface area contributed by atoms with Crippen molar-refractivity contribution in [3.63, 3.8) is 0 Å². The second-order valence-corrected chi connectivity index (χ2v) is 6.78. The first-order chi connectivity index (χ1) is 8.47. The highest BCUT2D eigenvalue weighted by molar-refractivity contribution is 9.10. The van der Waals surface area contributed by atoms with Gasteiger partial charge in [0.1, 0.15) is 10.3 Å². The van der Waals surface area contributed by atoms with E-state index in [0.29, 0.717) is 21.0 Å². The number of furan rings is 1. The first-order valence-electron chi connectivity index (χ1n) is 4.58. The fourth-order valence-corrected chi connectivity index (χ4v) is 3.61. The highest BCUT2D eigenvalue weighted by Crippen LogP contribution is 2.31. The van der Waals surface area contributed by atoms with Gasteiger partial charge in [-0.05, 0) is 28.1 Å². The van der Waals surface area contributed by atoms with Crippen LogP contribution in [0.3, 0.4) is 0 Å². The summed E-state index contributed by atoms with van der Waals surface area (Å²) in [6.45, 7) is 0. The van der Waals surface area contributed by atoms with Gasteiger partial charge in [-0.2, -0.15) is 4.52 Å². The molecule has 0 aliphatic rings. The molecule has 2 N–H and O–H groups in total. The van der Waals surface area contributed by atoms with Crippen molar-refractivity contribution in [2.75, 3.05) is 0 Å². The van der Waals surface area contributed by atoms with Crippen molar-refractivity contribution in [2.24, 2.45) is 5.14 Å². The molecule has 0 amide bonds. The molecule has 7 nitrogen and oxygen atoms in total. The standard InChI is InChI=1S/C8H5BrN4O3S2/c9-6-5(4-2-1-3-16-4)13-7(11-6)17-8(12-13)18(10,14)15/h1-3H,(H2,10,14,15). The summed E-state index contributed by atoms with van der Waals surface area (Å²) < 4.78 is 29.4. The van der Waals surface area contributed by atoms with Crippen LogP contribution in [0.15, 0.2) is 31.8 Å². The maximum Gasteiger partial charge on any atom is 0.267 e. The summed E-state index contributed by atoms with van der Waals surface area (Å²) in [7, 11) is -3.83. The monoisotopic (exact) mass is 348 g/mol. The highest BCUT2D eigenvalue weighted by atomic mass is 79.9. The molecule has 0 unspecified atom stereocenters. The summed E-state index contributed by atoms with van der Waals surface area (Å²) >= 11 is 4.17. The fraction of sp³-hybridized carbons (Fsp3) is 0. The predicted octanol–water partition coefficient (Wildman–Crippen LogP) is 1.46. The van der Waals surface area contributed by atoms with Crippen LogP contribution in [-0.2, 0) is 10.0 Å². The van der Waals surface area contributed by atoms with Crippen molar-refractivity contribution in [3.8, 4) is 11.5 Å². The lowest BCUT2D eigenvalue weighted by atomic mass is 10.4. The summed E-state index contributed by atoms with van der Waals surface area (Å²) in [5, 5.41) is 8.96. The van der Waals surface area contributed by atoms with E-state index < -0.39 is 10.0 Å². The number of sulfonamides is 1. The molecule has 0 aliphatic heterocycles. The summed E-state index contributed by atoms with van der Waals surface area (Å²) in [6, 6.07) is 3.44. The van der Waals surface area contributed by atoms with Crippen molar-refractivity contribution in [1.82, 2.24) is 14.6 Å². The highest BCUT2D eigenvalue weighted by Gasteiger charge is 2.22. The third-order valence-electron chi connectivity index (χ3n) is 2.14. The van der Waals surface area contributed by atoms with E-state index in [9.17, 15) is 8.42 Å². The molecule has 0 atom stereocenters. The normalized spacial score (nSPS) is 12.3. The Bertz CT molecular complexity index is 818. The van der Waals surface area contributed by atoms with Crippen molar-refractivity contribution < 1.29 is 12.8 Å². The molecule has 3 aromatic rings. The molecule has 0 radical (unpaired) electrons. The SMILES string of the molecule is NS(=O)(=O)c1nn2c(-c3ccco3)c(Br)nc2s1. The Morgan fingerprint density at radius 1 is 1.50 bits per heavy atom. The fourth-order valence-electron chi connectivity index (χ4n) is 1.44. The Labute approximate surface area is 113 Å². The van der Waals surface area contributed by atoms with Crippen LogP contribution in [0.25, 0.3) is 16.4 Å². The Kier molecular flexibility index (Phi) is 2.55. The molecule has 3 heterocycles. The average molecular weight is 349 g/mol. The number of rotatable bonds is 2. The molecule has 10 heteroatoms. The zero-order chi connectivity index (χ0) is 12.9. The van der Waals surface area contributed by atoms with Gasteiger partial charge in [-0.15, -0.1) is 5.10 Å². The number of imidazole rings is 1. The first kappa shape index (κ1) is 11.8. The van der Waals surface area contributed by atoms with Crippen LogP contribution in [0.1, 0.15) is 0 Å². The molecule has 0 spiro atoms. The lowest BCUT2D eigenvalue weighted by Crippen LogP contribution is -2.12. The third kappa shape index (κ3) is 1.77. The third-order valence-corrected chi connectivity index (χ3v) is 4.91. The van der Waals surface area contributed by atoms with Gasteiger partial charge in [-0.1, -0.05) is 11.3 Å². The Morgan fingerprint density at radius 2 is 2.28 bits per heavy atom. The van der Waals surface area contributed by atoms with E-state index in [1.54, 1.807) is 12.1 Å². The van der Waals surface area contributed by atoms with E-state index in [2.05, 4.69) is 26.0 Å². The van der Waals surface area contributed by atoms with E-state index >= 15 is 0 Å². The second kappa shape index (κ2) is 3.88. The van der Waals surface area contributed by atoms with Gasteiger partial charge >= 0.3 is 0 Å². The molecule has 3 rings (SSSR count). The van der Waals surface area contributed by atoms with E-state index in [0.717, 1.165) is 11.3 Å². The maximum atomic E-state index is 11.2. The van der Waals surface area contributed by atoms with Crippen LogP contribution in [0, 0.1) is 0 Å². The van der Waals surface area contributed by atoms with Crippen LogP contribution >= 0.6 is 27.3 Å². The summed E-state index contributed by atoms with van der Waals surface area (Å²) in [6.07, 6.45) is 1.51. The Morgan fingerprint density at radius 3 is 2.89 bits per heavy atom. The summed E-state index contributed by atoms with van der Waals surface area (Å²) in [4.78, 5) is 4.57. The van der Waals surface area contributed by atoms with Crippen LogP contribution in [0.2, 0.25) is 0 Å². The van der Waals surface area contributed by atoms with E-state index in [-0.39, 0.29) is 4.34 Å². The Hall–Kier alpha value is -1.23. The van der Waals surface area contributed by atoms with E-state index in [4.69, 9.17) is 9.56 Å². The van der Waals surface area contributed by atoms with Crippen LogP contribution in [0.5, 0.6) is 0 Å². The number of nitrogens with zero attached hydrogens (tertiary/aromatic N) is 3. The number of aromatic nitrogens is 3. The van der Waals surface area contributed by atoms with Crippen molar-refractivity contribution >= 4 is 42.3 Å². The number of primary sulfonamides is 1. The van der Waals surface area contributed by atoms with Gasteiger partial charge in [0.25, 0.3) is 10.0 Å². The number of nitrogens with two attached hydrogens (primary N) is 1. The molecule has 3 aromatic heterocycles. The Balaban J connectivity index is 2.32. The number of hydrogen-bond donors (Lipinski definition) is 1. The van der Waals surface area contributed by atoms with Crippen LogP contribution in [0.4, 0.5) is 0 Å². The smallest absolute Gasteiger partial charge is 0.267 e.